The summed E-state index contributed by atoms with van der Waals surface area (Å²) >= 11 is 3.45. The first-order chi connectivity index (χ1) is 12.8. The minimum absolute atomic E-state index is 0.562. The van der Waals surface area contributed by atoms with Crippen LogP contribution in [0.2, 0.25) is 0 Å². The summed E-state index contributed by atoms with van der Waals surface area (Å²) in [7, 11) is 0. The van der Waals surface area contributed by atoms with Crippen molar-refractivity contribution in [3.8, 4) is 22.6 Å². The van der Waals surface area contributed by atoms with Crippen LogP contribution < -0.4 is 9.47 Å². The van der Waals surface area contributed by atoms with Gasteiger partial charge in [-0.3, -0.25) is 0 Å². The molecule has 0 amide bonds. The molecule has 26 heavy (non-hydrogen) atoms. The van der Waals surface area contributed by atoms with E-state index in [4.69, 9.17) is 9.47 Å². The van der Waals surface area contributed by atoms with Crippen molar-refractivity contribution in [1.82, 2.24) is 0 Å². The smallest absolute Gasteiger partial charge is 0.130 e. The molecule has 3 heteroatoms. The quantitative estimate of drug-likeness (QED) is 0.315. The first-order valence-corrected chi connectivity index (χ1v) is 9.95. The van der Waals surface area contributed by atoms with E-state index in [1.807, 2.05) is 30.3 Å². The standard InChI is InChI=1S/C23H23BrO2/c1-18-8-5-13-22(23(18)25-15-7-14-24)20-11-6-12-21(16-20)26-17-19-9-3-2-4-10-19/h2-6,8-13,16H,7,14-15,17H2,1H3. The van der Waals surface area contributed by atoms with Gasteiger partial charge < -0.3 is 9.47 Å². The summed E-state index contributed by atoms with van der Waals surface area (Å²) < 4.78 is 12.0. The predicted molar refractivity (Wildman–Crippen MR) is 111 cm³/mol. The fraction of sp³-hybridized carbons (Fsp3) is 0.217. The average molecular weight is 411 g/mol. The minimum atomic E-state index is 0.562. The van der Waals surface area contributed by atoms with E-state index in [0.717, 1.165) is 45.5 Å². The Bertz CT molecular complexity index is 831. The zero-order chi connectivity index (χ0) is 18.2. The summed E-state index contributed by atoms with van der Waals surface area (Å²) in [4.78, 5) is 0. The van der Waals surface area contributed by atoms with Gasteiger partial charge in [0.05, 0.1) is 6.61 Å². The third-order valence-electron chi connectivity index (χ3n) is 4.13. The monoisotopic (exact) mass is 410 g/mol. The first kappa shape index (κ1) is 18.5. The summed E-state index contributed by atoms with van der Waals surface area (Å²) in [5.74, 6) is 1.81. The lowest BCUT2D eigenvalue weighted by molar-refractivity contribution is 0.306. The molecular formula is C23H23BrO2. The second-order valence-electron chi connectivity index (χ2n) is 6.14. The van der Waals surface area contributed by atoms with Gasteiger partial charge in [0.15, 0.2) is 0 Å². The molecule has 0 atom stereocenters. The Morgan fingerprint density at radius 2 is 1.65 bits per heavy atom. The van der Waals surface area contributed by atoms with Crippen LogP contribution in [0.25, 0.3) is 11.1 Å². The molecule has 0 spiro atoms. The van der Waals surface area contributed by atoms with Crippen LogP contribution >= 0.6 is 15.9 Å². The van der Waals surface area contributed by atoms with Crippen LogP contribution in [0.1, 0.15) is 17.5 Å². The zero-order valence-electron chi connectivity index (χ0n) is 15.0. The third kappa shape index (κ3) is 4.89. The Morgan fingerprint density at radius 3 is 2.46 bits per heavy atom. The molecule has 0 aliphatic heterocycles. The fourth-order valence-electron chi connectivity index (χ4n) is 2.79. The maximum Gasteiger partial charge on any atom is 0.130 e. The van der Waals surface area contributed by atoms with Crippen LogP contribution in [0.4, 0.5) is 0 Å². The van der Waals surface area contributed by atoms with Crippen molar-refractivity contribution in [2.75, 3.05) is 11.9 Å². The van der Waals surface area contributed by atoms with Crippen molar-refractivity contribution < 1.29 is 9.47 Å². The maximum absolute atomic E-state index is 6.06. The number of benzene rings is 3. The SMILES string of the molecule is Cc1cccc(-c2cccc(OCc3ccccc3)c2)c1OCCCBr. The molecule has 2 nitrogen and oxygen atoms in total. The summed E-state index contributed by atoms with van der Waals surface area (Å²) in [5.41, 5.74) is 4.51. The van der Waals surface area contributed by atoms with E-state index in [2.05, 4.69) is 65.3 Å². The second kappa shape index (κ2) is 9.44. The predicted octanol–water partition coefficient (Wildman–Crippen LogP) is 6.40. The number of alkyl halides is 1. The Balaban J connectivity index is 1.80. The Labute approximate surface area is 163 Å². The minimum Gasteiger partial charge on any atom is -0.493 e. The largest absolute Gasteiger partial charge is 0.493 e. The van der Waals surface area contributed by atoms with Crippen LogP contribution in [-0.2, 0) is 6.61 Å². The molecule has 0 unspecified atom stereocenters. The van der Waals surface area contributed by atoms with Crippen LogP contribution in [-0.4, -0.2) is 11.9 Å². The molecule has 0 aliphatic rings. The highest BCUT2D eigenvalue weighted by Crippen LogP contribution is 2.34. The van der Waals surface area contributed by atoms with E-state index in [-0.39, 0.29) is 0 Å². The topological polar surface area (TPSA) is 18.5 Å². The van der Waals surface area contributed by atoms with Gasteiger partial charge in [0.25, 0.3) is 0 Å². The average Bonchev–Trinajstić information content (AvgIpc) is 2.69. The van der Waals surface area contributed by atoms with Gasteiger partial charge in [-0.1, -0.05) is 76.6 Å². The summed E-state index contributed by atoms with van der Waals surface area (Å²) in [6, 6.07) is 24.7. The van der Waals surface area contributed by atoms with Gasteiger partial charge in [-0.15, -0.1) is 0 Å². The van der Waals surface area contributed by atoms with Gasteiger partial charge in [-0.05, 0) is 42.2 Å². The maximum atomic E-state index is 6.06. The molecule has 0 fully saturated rings. The number of aryl methyl sites for hydroxylation is 1. The van der Waals surface area contributed by atoms with Crippen molar-refractivity contribution in [3.63, 3.8) is 0 Å². The molecule has 0 aromatic heterocycles. The van der Waals surface area contributed by atoms with E-state index in [1.54, 1.807) is 0 Å². The van der Waals surface area contributed by atoms with Crippen LogP contribution in [0.15, 0.2) is 72.8 Å². The molecule has 0 saturated carbocycles. The van der Waals surface area contributed by atoms with Gasteiger partial charge >= 0.3 is 0 Å². The first-order valence-electron chi connectivity index (χ1n) is 8.83. The fourth-order valence-corrected chi connectivity index (χ4v) is 3.02. The molecule has 0 bridgehead atoms. The summed E-state index contributed by atoms with van der Waals surface area (Å²) in [6.45, 7) is 3.35. The summed E-state index contributed by atoms with van der Waals surface area (Å²) in [6.07, 6.45) is 0.980. The van der Waals surface area contributed by atoms with E-state index >= 15 is 0 Å². The van der Waals surface area contributed by atoms with Crippen LogP contribution in [0.5, 0.6) is 11.5 Å². The lowest BCUT2D eigenvalue weighted by atomic mass is 10.0. The number of halogens is 1. The van der Waals surface area contributed by atoms with E-state index in [0.29, 0.717) is 13.2 Å². The highest BCUT2D eigenvalue weighted by Gasteiger charge is 2.10. The van der Waals surface area contributed by atoms with Gasteiger partial charge in [0.1, 0.15) is 18.1 Å². The Morgan fingerprint density at radius 1 is 0.846 bits per heavy atom. The van der Waals surface area contributed by atoms with E-state index in [9.17, 15) is 0 Å². The highest BCUT2D eigenvalue weighted by atomic mass is 79.9. The molecule has 3 aromatic rings. The van der Waals surface area contributed by atoms with Crippen molar-refractivity contribution in [2.24, 2.45) is 0 Å². The molecule has 0 heterocycles. The number of hydrogen-bond acceptors (Lipinski definition) is 2. The number of hydrogen-bond donors (Lipinski definition) is 0. The molecule has 0 N–H and O–H groups in total. The molecule has 134 valence electrons. The van der Waals surface area contributed by atoms with Gasteiger partial charge in [-0.2, -0.15) is 0 Å². The molecule has 0 aliphatic carbocycles. The van der Waals surface area contributed by atoms with Crippen molar-refractivity contribution in [2.45, 2.75) is 20.0 Å². The van der Waals surface area contributed by atoms with Crippen LogP contribution in [0.3, 0.4) is 0 Å². The number of para-hydroxylation sites is 1. The van der Waals surface area contributed by atoms with Gasteiger partial charge in [0.2, 0.25) is 0 Å². The highest BCUT2D eigenvalue weighted by molar-refractivity contribution is 9.09. The number of rotatable bonds is 8. The Kier molecular flexibility index (Phi) is 6.73. The second-order valence-corrected chi connectivity index (χ2v) is 6.94. The normalized spacial score (nSPS) is 10.5. The van der Waals surface area contributed by atoms with E-state index in [1.165, 1.54) is 0 Å². The van der Waals surface area contributed by atoms with Gasteiger partial charge in [0, 0.05) is 10.9 Å². The van der Waals surface area contributed by atoms with Gasteiger partial charge in [-0.25, -0.2) is 0 Å². The van der Waals surface area contributed by atoms with Crippen molar-refractivity contribution in [3.05, 3.63) is 83.9 Å². The zero-order valence-corrected chi connectivity index (χ0v) is 16.5. The van der Waals surface area contributed by atoms with Crippen molar-refractivity contribution in [1.29, 1.82) is 0 Å². The molecule has 0 radical (unpaired) electrons. The molecule has 3 aromatic carbocycles. The van der Waals surface area contributed by atoms with Crippen molar-refractivity contribution >= 4 is 15.9 Å². The van der Waals surface area contributed by atoms with E-state index < -0.39 is 0 Å². The lowest BCUT2D eigenvalue weighted by Crippen LogP contribution is -2.01. The third-order valence-corrected chi connectivity index (χ3v) is 4.69. The molecular weight excluding hydrogens is 388 g/mol. The summed E-state index contributed by atoms with van der Waals surface area (Å²) in [5, 5.41) is 0.941. The molecule has 0 saturated heterocycles. The Hall–Kier alpha value is -2.26. The molecule has 3 rings (SSSR count). The van der Waals surface area contributed by atoms with Crippen LogP contribution in [0, 0.1) is 6.92 Å². The number of ether oxygens (including phenoxy) is 2. The lowest BCUT2D eigenvalue weighted by Gasteiger charge is -2.15.